The van der Waals surface area contributed by atoms with Crippen molar-refractivity contribution >= 4 is 19.2 Å². The van der Waals surface area contributed by atoms with Gasteiger partial charge >= 0.3 is 0 Å². The zero-order valence-electron chi connectivity index (χ0n) is 13.0. The largest absolute Gasteiger partial charge is 0.379 e. The summed E-state index contributed by atoms with van der Waals surface area (Å²) in [6.07, 6.45) is 2.78. The summed E-state index contributed by atoms with van der Waals surface area (Å²) >= 11 is 0. The SMILES string of the molecule is c1ccc([SiH](CCCCOCC2CO2)c2ccccc2)cc1. The molecule has 2 nitrogen and oxygen atoms in total. The summed E-state index contributed by atoms with van der Waals surface area (Å²) in [6.45, 7) is 2.53. The first kappa shape index (κ1) is 15.5. The average molecular weight is 312 g/mol. The molecule has 0 radical (unpaired) electrons. The molecule has 0 bridgehead atoms. The lowest BCUT2D eigenvalue weighted by Crippen LogP contribution is -2.41. The van der Waals surface area contributed by atoms with E-state index in [-0.39, 0.29) is 0 Å². The summed E-state index contributed by atoms with van der Waals surface area (Å²) in [5.41, 5.74) is 0. The summed E-state index contributed by atoms with van der Waals surface area (Å²) in [4.78, 5) is 0. The van der Waals surface area contributed by atoms with Crippen LogP contribution in [0.5, 0.6) is 0 Å². The van der Waals surface area contributed by atoms with Gasteiger partial charge in [0, 0.05) is 6.61 Å². The van der Waals surface area contributed by atoms with E-state index in [2.05, 4.69) is 60.7 Å². The molecule has 0 aliphatic carbocycles. The molecule has 0 aromatic heterocycles. The molecular formula is C19H24O2Si. The molecule has 1 unspecified atom stereocenters. The van der Waals surface area contributed by atoms with Crippen LogP contribution < -0.4 is 10.4 Å². The van der Waals surface area contributed by atoms with Crippen LogP contribution in [0.15, 0.2) is 60.7 Å². The van der Waals surface area contributed by atoms with Crippen molar-refractivity contribution in [2.24, 2.45) is 0 Å². The molecule has 116 valence electrons. The molecule has 3 rings (SSSR count). The highest BCUT2D eigenvalue weighted by atomic mass is 28.3. The van der Waals surface area contributed by atoms with Crippen molar-refractivity contribution in [3.63, 3.8) is 0 Å². The van der Waals surface area contributed by atoms with Gasteiger partial charge in [-0.3, -0.25) is 0 Å². The lowest BCUT2D eigenvalue weighted by Gasteiger charge is -2.16. The van der Waals surface area contributed by atoms with Gasteiger partial charge in [-0.2, -0.15) is 0 Å². The summed E-state index contributed by atoms with van der Waals surface area (Å²) < 4.78 is 10.8. The van der Waals surface area contributed by atoms with Crippen molar-refractivity contribution in [3.05, 3.63) is 60.7 Å². The van der Waals surface area contributed by atoms with Crippen molar-refractivity contribution in [3.8, 4) is 0 Å². The van der Waals surface area contributed by atoms with Crippen LogP contribution in [0.4, 0.5) is 0 Å². The smallest absolute Gasteiger partial charge is 0.104 e. The molecule has 1 saturated heterocycles. The maximum atomic E-state index is 5.64. The van der Waals surface area contributed by atoms with Crippen molar-refractivity contribution in [1.82, 2.24) is 0 Å². The molecule has 0 amide bonds. The Labute approximate surface area is 134 Å². The lowest BCUT2D eigenvalue weighted by molar-refractivity contribution is 0.114. The quantitative estimate of drug-likeness (QED) is 0.402. The summed E-state index contributed by atoms with van der Waals surface area (Å²) in [6, 6.07) is 23.4. The van der Waals surface area contributed by atoms with E-state index in [0.717, 1.165) is 26.2 Å². The van der Waals surface area contributed by atoms with E-state index in [1.54, 1.807) is 10.4 Å². The maximum absolute atomic E-state index is 5.64. The Morgan fingerprint density at radius 2 is 1.50 bits per heavy atom. The molecule has 1 fully saturated rings. The molecular weight excluding hydrogens is 288 g/mol. The summed E-state index contributed by atoms with van der Waals surface area (Å²) in [5, 5.41) is 3.09. The lowest BCUT2D eigenvalue weighted by atomic mass is 10.3. The molecule has 0 spiro atoms. The monoisotopic (exact) mass is 312 g/mol. The van der Waals surface area contributed by atoms with Crippen molar-refractivity contribution in [1.29, 1.82) is 0 Å². The second-order valence-electron chi connectivity index (χ2n) is 5.90. The van der Waals surface area contributed by atoms with Crippen molar-refractivity contribution in [2.75, 3.05) is 19.8 Å². The third-order valence-corrected chi connectivity index (χ3v) is 7.51. The van der Waals surface area contributed by atoms with Gasteiger partial charge in [-0.25, -0.2) is 0 Å². The van der Waals surface area contributed by atoms with Gasteiger partial charge in [-0.05, 0) is 6.42 Å². The highest BCUT2D eigenvalue weighted by Crippen LogP contribution is 2.09. The minimum Gasteiger partial charge on any atom is -0.379 e. The van der Waals surface area contributed by atoms with Gasteiger partial charge in [-0.1, -0.05) is 83.5 Å². The Morgan fingerprint density at radius 3 is 2.05 bits per heavy atom. The number of benzene rings is 2. The molecule has 22 heavy (non-hydrogen) atoms. The highest BCUT2D eigenvalue weighted by Gasteiger charge is 2.22. The number of rotatable bonds is 9. The predicted octanol–water partition coefficient (Wildman–Crippen LogP) is 2.22. The zero-order chi connectivity index (χ0) is 15.0. The number of hydrogen-bond donors (Lipinski definition) is 0. The highest BCUT2D eigenvalue weighted by molar-refractivity contribution is 6.85. The standard InChI is InChI=1S/C19H24O2Si/c1-3-9-18(10-4-1)22(19-11-5-2-6-12-19)14-8-7-13-20-15-17-16-21-17/h1-6,9-12,17,22H,7-8,13-16H2. The van der Waals surface area contributed by atoms with E-state index in [1.165, 1.54) is 12.5 Å². The van der Waals surface area contributed by atoms with Crippen LogP contribution in [0.3, 0.4) is 0 Å². The van der Waals surface area contributed by atoms with Crippen molar-refractivity contribution < 1.29 is 9.47 Å². The molecule has 1 atom stereocenters. The number of unbranched alkanes of at least 4 members (excludes halogenated alkanes) is 1. The van der Waals surface area contributed by atoms with Crippen LogP contribution in [-0.4, -0.2) is 34.7 Å². The van der Waals surface area contributed by atoms with Crippen LogP contribution in [0.25, 0.3) is 0 Å². The molecule has 2 aromatic carbocycles. The topological polar surface area (TPSA) is 21.8 Å². The van der Waals surface area contributed by atoms with Gasteiger partial charge in [0.25, 0.3) is 0 Å². The fourth-order valence-corrected chi connectivity index (χ4v) is 5.95. The fourth-order valence-electron chi connectivity index (χ4n) is 2.83. The Kier molecular flexibility index (Phi) is 5.82. The third-order valence-electron chi connectivity index (χ3n) is 4.14. The predicted molar refractivity (Wildman–Crippen MR) is 93.9 cm³/mol. The van der Waals surface area contributed by atoms with Crippen molar-refractivity contribution in [2.45, 2.75) is 25.0 Å². The summed E-state index contributed by atoms with van der Waals surface area (Å²) in [5.74, 6) is 0. The van der Waals surface area contributed by atoms with E-state index < -0.39 is 8.80 Å². The molecule has 0 N–H and O–H groups in total. The molecule has 2 aromatic rings. The minimum absolute atomic E-state index is 0.385. The Bertz CT molecular complexity index is 500. The molecule has 1 aliphatic heterocycles. The van der Waals surface area contributed by atoms with Gasteiger partial charge in [0.15, 0.2) is 0 Å². The Hall–Kier alpha value is -1.42. The first-order chi connectivity index (χ1) is 10.9. The number of hydrogen-bond acceptors (Lipinski definition) is 2. The molecule has 0 saturated carbocycles. The van der Waals surface area contributed by atoms with E-state index in [0.29, 0.717) is 6.10 Å². The zero-order valence-corrected chi connectivity index (χ0v) is 14.1. The molecule has 1 heterocycles. The van der Waals surface area contributed by atoms with Gasteiger partial charge in [0.05, 0.1) is 13.2 Å². The first-order valence-electron chi connectivity index (χ1n) is 8.23. The van der Waals surface area contributed by atoms with Gasteiger partial charge < -0.3 is 9.47 Å². The normalized spacial score (nSPS) is 16.9. The van der Waals surface area contributed by atoms with Crippen LogP contribution >= 0.6 is 0 Å². The average Bonchev–Trinajstić information content (AvgIpc) is 3.40. The second kappa shape index (κ2) is 8.27. The molecule has 3 heteroatoms. The molecule has 1 aliphatic rings. The second-order valence-corrected chi connectivity index (χ2v) is 8.92. The number of epoxide rings is 1. The van der Waals surface area contributed by atoms with Crippen LogP contribution in [0, 0.1) is 0 Å². The van der Waals surface area contributed by atoms with E-state index in [9.17, 15) is 0 Å². The van der Waals surface area contributed by atoms with Gasteiger partial charge in [0.1, 0.15) is 14.9 Å². The van der Waals surface area contributed by atoms with E-state index >= 15 is 0 Å². The van der Waals surface area contributed by atoms with Gasteiger partial charge in [0.2, 0.25) is 0 Å². The Morgan fingerprint density at radius 1 is 0.909 bits per heavy atom. The van der Waals surface area contributed by atoms with E-state index in [4.69, 9.17) is 9.47 Å². The van der Waals surface area contributed by atoms with Crippen LogP contribution in [-0.2, 0) is 9.47 Å². The third kappa shape index (κ3) is 4.80. The van der Waals surface area contributed by atoms with Gasteiger partial charge in [-0.15, -0.1) is 0 Å². The van der Waals surface area contributed by atoms with Crippen LogP contribution in [0.1, 0.15) is 12.8 Å². The van der Waals surface area contributed by atoms with Crippen LogP contribution in [0.2, 0.25) is 6.04 Å². The minimum atomic E-state index is -1.09. The summed E-state index contributed by atoms with van der Waals surface area (Å²) in [7, 11) is -1.09. The fraction of sp³-hybridized carbons (Fsp3) is 0.368. The van der Waals surface area contributed by atoms with E-state index in [1.807, 2.05) is 0 Å². The Balaban J connectivity index is 1.52. The first-order valence-corrected chi connectivity index (χ1v) is 10.2. The number of ether oxygens (including phenoxy) is 2. The maximum Gasteiger partial charge on any atom is 0.104 e.